The largest absolute Gasteiger partial charge is 0.379 e. The quantitative estimate of drug-likeness (QED) is 0.826. The average molecular weight is 359 g/mol. The topological polar surface area (TPSA) is 54.5 Å². The summed E-state index contributed by atoms with van der Waals surface area (Å²) in [5, 5.41) is 3.12. The molecule has 3 rings (SSSR count). The van der Waals surface area contributed by atoms with Crippen LogP contribution in [-0.2, 0) is 16.0 Å². The van der Waals surface area contributed by atoms with Gasteiger partial charge in [0.15, 0.2) is 0 Å². The van der Waals surface area contributed by atoms with Gasteiger partial charge in [-0.15, -0.1) is 11.3 Å². The molecule has 0 aromatic carbocycles. The molecule has 1 N–H and O–H groups in total. The Hall–Kier alpha value is -1.76. The highest BCUT2D eigenvalue weighted by molar-refractivity contribution is 7.12. The van der Waals surface area contributed by atoms with E-state index in [-0.39, 0.29) is 11.9 Å². The first-order valence-electron chi connectivity index (χ1n) is 8.77. The number of amides is 1. The fraction of sp³-hybridized carbons (Fsp3) is 0.474. The molecule has 0 aliphatic carbocycles. The molecule has 1 amide bonds. The van der Waals surface area contributed by atoms with Crippen LogP contribution in [0.25, 0.3) is 0 Å². The maximum atomic E-state index is 12.3. The van der Waals surface area contributed by atoms with E-state index in [9.17, 15) is 4.79 Å². The third kappa shape index (κ3) is 5.36. The van der Waals surface area contributed by atoms with Crippen molar-refractivity contribution in [1.29, 1.82) is 0 Å². The van der Waals surface area contributed by atoms with Crippen molar-refractivity contribution in [2.45, 2.75) is 25.8 Å². The van der Waals surface area contributed by atoms with E-state index in [1.54, 1.807) is 6.20 Å². The third-order valence-corrected chi connectivity index (χ3v) is 5.50. The molecule has 6 heteroatoms. The number of hydrogen-bond acceptors (Lipinski definition) is 5. The number of aromatic nitrogens is 1. The molecule has 1 unspecified atom stereocenters. The van der Waals surface area contributed by atoms with Gasteiger partial charge in [0.25, 0.3) is 0 Å². The van der Waals surface area contributed by atoms with Gasteiger partial charge >= 0.3 is 0 Å². The second-order valence-electron chi connectivity index (χ2n) is 6.24. The summed E-state index contributed by atoms with van der Waals surface area (Å²) in [6, 6.07) is 10.4. The van der Waals surface area contributed by atoms with Gasteiger partial charge < -0.3 is 10.1 Å². The average Bonchev–Trinajstić information content (AvgIpc) is 3.08. The third-order valence-electron chi connectivity index (χ3n) is 4.40. The molecule has 1 fully saturated rings. The Kier molecular flexibility index (Phi) is 6.55. The molecule has 3 heterocycles. The molecule has 2 aromatic heterocycles. The van der Waals surface area contributed by atoms with Gasteiger partial charge in [-0.3, -0.25) is 14.7 Å². The molecule has 0 spiro atoms. The lowest BCUT2D eigenvalue weighted by Crippen LogP contribution is -2.43. The Labute approximate surface area is 153 Å². The van der Waals surface area contributed by atoms with Crippen LogP contribution in [0.3, 0.4) is 0 Å². The molecule has 25 heavy (non-hydrogen) atoms. The Bertz CT molecular complexity index is 668. The lowest BCUT2D eigenvalue weighted by molar-refractivity contribution is -0.121. The summed E-state index contributed by atoms with van der Waals surface area (Å²) in [6.45, 7) is 6.09. The van der Waals surface area contributed by atoms with Crippen LogP contribution in [0.2, 0.25) is 0 Å². The van der Waals surface area contributed by atoms with Gasteiger partial charge in [-0.2, -0.15) is 0 Å². The number of aryl methyl sites for hydroxylation is 2. The molecule has 1 aliphatic heterocycles. The first-order chi connectivity index (χ1) is 12.2. The fourth-order valence-electron chi connectivity index (χ4n) is 3.02. The second kappa shape index (κ2) is 9.08. The minimum absolute atomic E-state index is 0.0807. The van der Waals surface area contributed by atoms with Crippen molar-refractivity contribution in [3.8, 4) is 0 Å². The molecular formula is C19H25N3O2S. The van der Waals surface area contributed by atoms with E-state index in [4.69, 9.17) is 4.74 Å². The van der Waals surface area contributed by atoms with Gasteiger partial charge in [0.1, 0.15) is 0 Å². The first-order valence-corrected chi connectivity index (χ1v) is 9.59. The van der Waals surface area contributed by atoms with Crippen LogP contribution in [-0.4, -0.2) is 48.6 Å². The van der Waals surface area contributed by atoms with Crippen molar-refractivity contribution in [3.63, 3.8) is 0 Å². The summed E-state index contributed by atoms with van der Waals surface area (Å²) in [4.78, 5) is 21.6. The number of ether oxygens (including phenoxy) is 1. The number of nitrogens with zero attached hydrogens (tertiary/aromatic N) is 2. The number of morpholine rings is 1. The number of thiophene rings is 1. The fourth-order valence-corrected chi connectivity index (χ4v) is 4.03. The van der Waals surface area contributed by atoms with E-state index in [1.807, 2.05) is 29.5 Å². The molecule has 1 atom stereocenters. The molecule has 5 nitrogen and oxygen atoms in total. The maximum absolute atomic E-state index is 12.3. The van der Waals surface area contributed by atoms with E-state index in [1.165, 1.54) is 9.75 Å². The van der Waals surface area contributed by atoms with E-state index in [0.717, 1.165) is 32.0 Å². The van der Waals surface area contributed by atoms with E-state index >= 15 is 0 Å². The van der Waals surface area contributed by atoms with Crippen LogP contribution in [0, 0.1) is 6.92 Å². The van der Waals surface area contributed by atoms with Crippen molar-refractivity contribution in [1.82, 2.24) is 15.2 Å². The first kappa shape index (κ1) is 18.0. The number of rotatable bonds is 7. The number of nitrogens with one attached hydrogen (secondary N) is 1. The number of carbonyl (C=O) groups excluding carboxylic acids is 1. The van der Waals surface area contributed by atoms with Crippen molar-refractivity contribution in [3.05, 3.63) is 52.0 Å². The standard InChI is InChI=1S/C19H25N3O2S/c1-15-5-7-18(25-15)17(22-10-12-24-13-11-22)14-21-19(23)8-6-16-4-2-3-9-20-16/h2-5,7,9,17H,6,8,10-14H2,1H3,(H,21,23). The maximum Gasteiger partial charge on any atom is 0.220 e. The Balaban J connectivity index is 1.55. The zero-order valence-electron chi connectivity index (χ0n) is 14.6. The van der Waals surface area contributed by atoms with E-state index in [0.29, 0.717) is 19.4 Å². The van der Waals surface area contributed by atoms with Crippen LogP contribution in [0.15, 0.2) is 36.5 Å². The zero-order chi connectivity index (χ0) is 17.5. The smallest absolute Gasteiger partial charge is 0.220 e. The zero-order valence-corrected chi connectivity index (χ0v) is 15.4. The van der Waals surface area contributed by atoms with Gasteiger partial charge in [0, 0.05) is 47.7 Å². The summed E-state index contributed by atoms with van der Waals surface area (Å²) in [6.07, 6.45) is 2.91. The predicted octanol–water partition coefficient (Wildman–Crippen LogP) is 2.57. The monoisotopic (exact) mass is 359 g/mol. The lowest BCUT2D eigenvalue weighted by Gasteiger charge is -2.34. The van der Waals surface area contributed by atoms with E-state index in [2.05, 4.69) is 34.3 Å². The highest BCUT2D eigenvalue weighted by Crippen LogP contribution is 2.27. The molecule has 0 bridgehead atoms. The van der Waals surface area contributed by atoms with Crippen molar-refractivity contribution < 1.29 is 9.53 Å². The van der Waals surface area contributed by atoms with Gasteiger partial charge in [-0.25, -0.2) is 0 Å². The highest BCUT2D eigenvalue weighted by Gasteiger charge is 2.24. The molecule has 1 aliphatic rings. The molecule has 1 saturated heterocycles. The molecule has 0 radical (unpaired) electrons. The molecule has 134 valence electrons. The molecule has 0 saturated carbocycles. The Morgan fingerprint density at radius 1 is 1.32 bits per heavy atom. The minimum atomic E-state index is 0.0807. The summed E-state index contributed by atoms with van der Waals surface area (Å²) >= 11 is 1.81. The van der Waals surface area contributed by atoms with Crippen LogP contribution in [0.1, 0.15) is 27.9 Å². The second-order valence-corrected chi connectivity index (χ2v) is 7.56. The number of hydrogen-bond donors (Lipinski definition) is 1. The predicted molar refractivity (Wildman–Crippen MR) is 99.8 cm³/mol. The Morgan fingerprint density at radius 2 is 2.16 bits per heavy atom. The van der Waals surface area contributed by atoms with Gasteiger partial charge in [0.2, 0.25) is 5.91 Å². The van der Waals surface area contributed by atoms with Gasteiger partial charge in [-0.05, 0) is 37.6 Å². The summed E-state index contributed by atoms with van der Waals surface area (Å²) in [5.41, 5.74) is 0.955. The van der Waals surface area contributed by atoms with E-state index < -0.39 is 0 Å². The normalized spacial score (nSPS) is 16.5. The van der Waals surface area contributed by atoms with Crippen molar-refractivity contribution in [2.75, 3.05) is 32.8 Å². The Morgan fingerprint density at radius 3 is 2.84 bits per heavy atom. The SMILES string of the molecule is Cc1ccc(C(CNC(=O)CCc2ccccn2)N2CCOCC2)s1. The van der Waals surface area contributed by atoms with Crippen LogP contribution < -0.4 is 5.32 Å². The summed E-state index contributed by atoms with van der Waals surface area (Å²) in [5.74, 6) is 0.0807. The van der Waals surface area contributed by atoms with Gasteiger partial charge in [-0.1, -0.05) is 6.07 Å². The molecular weight excluding hydrogens is 334 g/mol. The van der Waals surface area contributed by atoms with Crippen molar-refractivity contribution >= 4 is 17.2 Å². The van der Waals surface area contributed by atoms with Crippen LogP contribution in [0.5, 0.6) is 0 Å². The number of pyridine rings is 1. The lowest BCUT2D eigenvalue weighted by atomic mass is 10.1. The molecule has 2 aromatic rings. The summed E-state index contributed by atoms with van der Waals surface area (Å²) < 4.78 is 5.47. The minimum Gasteiger partial charge on any atom is -0.379 e. The van der Waals surface area contributed by atoms with Crippen LogP contribution >= 0.6 is 11.3 Å². The van der Waals surface area contributed by atoms with Crippen LogP contribution in [0.4, 0.5) is 0 Å². The highest BCUT2D eigenvalue weighted by atomic mass is 32.1. The number of carbonyl (C=O) groups is 1. The van der Waals surface area contributed by atoms with Gasteiger partial charge in [0.05, 0.1) is 19.3 Å². The van der Waals surface area contributed by atoms with Crippen molar-refractivity contribution in [2.24, 2.45) is 0 Å². The summed E-state index contributed by atoms with van der Waals surface area (Å²) in [7, 11) is 0.